The van der Waals surface area contributed by atoms with Crippen LogP contribution in [0.3, 0.4) is 0 Å². The van der Waals surface area contributed by atoms with E-state index in [-0.39, 0.29) is 6.04 Å². The highest BCUT2D eigenvalue weighted by molar-refractivity contribution is 5.47. The van der Waals surface area contributed by atoms with Gasteiger partial charge in [0.2, 0.25) is 0 Å². The van der Waals surface area contributed by atoms with Crippen LogP contribution in [0.4, 0.5) is 5.69 Å². The van der Waals surface area contributed by atoms with E-state index in [1.807, 2.05) is 49.4 Å². The summed E-state index contributed by atoms with van der Waals surface area (Å²) < 4.78 is 0. The Bertz CT molecular complexity index is 642. The van der Waals surface area contributed by atoms with Crippen molar-refractivity contribution in [1.29, 1.82) is 5.26 Å². The van der Waals surface area contributed by atoms with Crippen LogP contribution in [0.1, 0.15) is 18.1 Å². The van der Waals surface area contributed by atoms with Gasteiger partial charge in [0.05, 0.1) is 17.7 Å². The highest BCUT2D eigenvalue weighted by atomic mass is 14.9. The third kappa shape index (κ3) is 3.91. The fourth-order valence-electron chi connectivity index (χ4n) is 1.68. The predicted molar refractivity (Wildman–Crippen MR) is 77.6 cm³/mol. The molecule has 0 aliphatic carbocycles. The van der Waals surface area contributed by atoms with Gasteiger partial charge >= 0.3 is 0 Å². The van der Waals surface area contributed by atoms with E-state index in [1.165, 1.54) is 0 Å². The Morgan fingerprint density at radius 3 is 2.47 bits per heavy atom. The predicted octanol–water partition coefficient (Wildman–Crippen LogP) is 3.41. The van der Waals surface area contributed by atoms with Crippen molar-refractivity contribution in [3.8, 4) is 17.9 Å². The molecule has 0 amide bonds. The van der Waals surface area contributed by atoms with Crippen molar-refractivity contribution in [3.05, 3.63) is 65.7 Å². The lowest BCUT2D eigenvalue weighted by Crippen LogP contribution is -2.12. The van der Waals surface area contributed by atoms with Crippen LogP contribution in [0.25, 0.3) is 0 Å². The molecule has 0 aromatic heterocycles. The van der Waals surface area contributed by atoms with Gasteiger partial charge in [-0.15, -0.1) is 0 Å². The standard InChI is InChI=1S/C17H14N2/c1-14(19-17-8-3-2-4-9-17)10-11-15-6-5-7-16(12-15)13-18/h2-9,12,14,19H,1H3/t14-/m1/s1. The number of benzene rings is 2. The Morgan fingerprint density at radius 1 is 1.00 bits per heavy atom. The quantitative estimate of drug-likeness (QED) is 0.824. The average molecular weight is 246 g/mol. The van der Waals surface area contributed by atoms with Crippen molar-refractivity contribution in [3.63, 3.8) is 0 Å². The smallest absolute Gasteiger partial charge is 0.0992 e. The lowest BCUT2D eigenvalue weighted by atomic mass is 10.1. The summed E-state index contributed by atoms with van der Waals surface area (Å²) in [6, 6.07) is 19.4. The molecule has 2 heteroatoms. The molecule has 0 bridgehead atoms. The molecule has 1 atom stereocenters. The Hall–Kier alpha value is -2.71. The number of para-hydroxylation sites is 1. The maximum absolute atomic E-state index is 8.82. The molecule has 0 spiro atoms. The summed E-state index contributed by atoms with van der Waals surface area (Å²) in [4.78, 5) is 0. The summed E-state index contributed by atoms with van der Waals surface area (Å²) in [5, 5.41) is 12.1. The second-order valence-corrected chi connectivity index (χ2v) is 4.19. The van der Waals surface area contributed by atoms with Gasteiger partial charge in [-0.1, -0.05) is 36.1 Å². The molecule has 0 saturated carbocycles. The van der Waals surface area contributed by atoms with Crippen molar-refractivity contribution in [1.82, 2.24) is 0 Å². The molecule has 0 unspecified atom stereocenters. The largest absolute Gasteiger partial charge is 0.372 e. The van der Waals surface area contributed by atoms with Crippen LogP contribution in [0.5, 0.6) is 0 Å². The minimum Gasteiger partial charge on any atom is -0.372 e. The van der Waals surface area contributed by atoms with E-state index in [2.05, 4.69) is 23.2 Å². The van der Waals surface area contributed by atoms with E-state index in [4.69, 9.17) is 5.26 Å². The number of hydrogen-bond donors (Lipinski definition) is 1. The van der Waals surface area contributed by atoms with E-state index in [0.29, 0.717) is 5.56 Å². The summed E-state index contributed by atoms with van der Waals surface area (Å²) in [6.45, 7) is 2.01. The summed E-state index contributed by atoms with van der Waals surface area (Å²) in [6.07, 6.45) is 0. The fraction of sp³-hybridized carbons (Fsp3) is 0.118. The molecule has 2 aromatic rings. The molecular formula is C17H14N2. The van der Waals surface area contributed by atoms with Crippen LogP contribution in [0, 0.1) is 23.2 Å². The third-order valence-corrected chi connectivity index (χ3v) is 2.58. The minimum absolute atomic E-state index is 0.0492. The number of rotatable bonds is 2. The van der Waals surface area contributed by atoms with Gasteiger partial charge in [-0.05, 0) is 37.3 Å². The van der Waals surface area contributed by atoms with Crippen LogP contribution in [0.15, 0.2) is 54.6 Å². The Kier molecular flexibility index (Phi) is 4.21. The van der Waals surface area contributed by atoms with Gasteiger partial charge in [0.25, 0.3) is 0 Å². The zero-order valence-corrected chi connectivity index (χ0v) is 10.7. The molecule has 0 aliphatic rings. The molecule has 2 rings (SSSR count). The monoisotopic (exact) mass is 246 g/mol. The lowest BCUT2D eigenvalue weighted by molar-refractivity contribution is 1.03. The Balaban J connectivity index is 2.05. The lowest BCUT2D eigenvalue weighted by Gasteiger charge is -2.08. The molecule has 0 aliphatic heterocycles. The maximum atomic E-state index is 8.82. The normalized spacial score (nSPS) is 10.7. The second-order valence-electron chi connectivity index (χ2n) is 4.19. The number of anilines is 1. The van der Waals surface area contributed by atoms with Gasteiger partial charge in [-0.25, -0.2) is 0 Å². The maximum Gasteiger partial charge on any atom is 0.0992 e. The number of hydrogen-bond acceptors (Lipinski definition) is 2. The van der Waals surface area contributed by atoms with Gasteiger partial charge in [0.1, 0.15) is 0 Å². The SMILES string of the molecule is C[C@H](C#Cc1cccc(C#N)c1)Nc1ccccc1. The molecule has 0 fully saturated rings. The zero-order chi connectivity index (χ0) is 13.5. The van der Waals surface area contributed by atoms with Crippen LogP contribution < -0.4 is 5.32 Å². The van der Waals surface area contributed by atoms with E-state index in [1.54, 1.807) is 12.1 Å². The van der Waals surface area contributed by atoms with Crippen LogP contribution in [0.2, 0.25) is 0 Å². The van der Waals surface area contributed by atoms with E-state index in [9.17, 15) is 0 Å². The van der Waals surface area contributed by atoms with Gasteiger partial charge in [-0.2, -0.15) is 5.26 Å². The van der Waals surface area contributed by atoms with Crippen LogP contribution in [-0.2, 0) is 0 Å². The highest BCUT2D eigenvalue weighted by Gasteiger charge is 1.96. The first-order chi connectivity index (χ1) is 9.28. The van der Waals surface area contributed by atoms with Crippen molar-refractivity contribution < 1.29 is 0 Å². The van der Waals surface area contributed by atoms with Gasteiger partial charge in [0, 0.05) is 11.3 Å². The Labute approximate surface area is 113 Å². The molecule has 0 saturated heterocycles. The Morgan fingerprint density at radius 2 is 1.74 bits per heavy atom. The summed E-state index contributed by atoms with van der Waals surface area (Å²) in [5.41, 5.74) is 2.55. The second kappa shape index (κ2) is 6.28. The van der Waals surface area contributed by atoms with Gasteiger partial charge in [-0.3, -0.25) is 0 Å². The summed E-state index contributed by atoms with van der Waals surface area (Å²) in [7, 11) is 0. The van der Waals surface area contributed by atoms with E-state index < -0.39 is 0 Å². The number of nitriles is 1. The topological polar surface area (TPSA) is 35.8 Å². The molecule has 2 nitrogen and oxygen atoms in total. The first-order valence-electron chi connectivity index (χ1n) is 6.11. The van der Waals surface area contributed by atoms with Crippen LogP contribution in [-0.4, -0.2) is 6.04 Å². The molecule has 92 valence electrons. The third-order valence-electron chi connectivity index (χ3n) is 2.58. The number of nitrogens with one attached hydrogen (secondary N) is 1. The van der Waals surface area contributed by atoms with Crippen molar-refractivity contribution in [2.75, 3.05) is 5.32 Å². The molecular weight excluding hydrogens is 232 g/mol. The number of nitrogens with zero attached hydrogens (tertiary/aromatic N) is 1. The van der Waals surface area contributed by atoms with Crippen molar-refractivity contribution >= 4 is 5.69 Å². The summed E-state index contributed by atoms with van der Waals surface area (Å²) >= 11 is 0. The van der Waals surface area contributed by atoms with E-state index >= 15 is 0 Å². The molecule has 0 heterocycles. The van der Waals surface area contributed by atoms with Crippen molar-refractivity contribution in [2.24, 2.45) is 0 Å². The van der Waals surface area contributed by atoms with E-state index in [0.717, 1.165) is 11.3 Å². The van der Waals surface area contributed by atoms with Crippen LogP contribution >= 0.6 is 0 Å². The van der Waals surface area contributed by atoms with Gasteiger partial charge < -0.3 is 5.32 Å². The average Bonchev–Trinajstić information content (AvgIpc) is 2.46. The fourth-order valence-corrected chi connectivity index (χ4v) is 1.68. The molecule has 19 heavy (non-hydrogen) atoms. The zero-order valence-electron chi connectivity index (χ0n) is 10.7. The first-order valence-corrected chi connectivity index (χ1v) is 6.11. The summed E-state index contributed by atoms with van der Waals surface area (Å²) in [5.74, 6) is 6.20. The minimum atomic E-state index is 0.0492. The molecule has 1 N–H and O–H groups in total. The van der Waals surface area contributed by atoms with Crippen molar-refractivity contribution in [2.45, 2.75) is 13.0 Å². The molecule has 2 aromatic carbocycles. The molecule has 0 radical (unpaired) electrons. The highest BCUT2D eigenvalue weighted by Crippen LogP contribution is 2.07. The first kappa shape index (κ1) is 12.7. The van der Waals surface area contributed by atoms with Gasteiger partial charge in [0.15, 0.2) is 0 Å².